The Balaban J connectivity index is 2.39. The summed E-state index contributed by atoms with van der Waals surface area (Å²) in [7, 11) is 1.43. The van der Waals surface area contributed by atoms with Crippen LogP contribution in [0.15, 0.2) is 29.1 Å². The molecule has 2 aromatic rings. The van der Waals surface area contributed by atoms with Crippen LogP contribution in [0.5, 0.6) is 5.75 Å². The summed E-state index contributed by atoms with van der Waals surface area (Å²) in [5.41, 5.74) is -0.578. The number of halogens is 1. The Morgan fingerprint density at radius 1 is 1.19 bits per heavy atom. The van der Waals surface area contributed by atoms with E-state index in [1.54, 1.807) is 13.8 Å². The van der Waals surface area contributed by atoms with E-state index in [1.807, 2.05) is 6.92 Å². The molecule has 31 heavy (non-hydrogen) atoms. The Kier molecular flexibility index (Phi) is 8.12. The minimum atomic E-state index is -0.790. The van der Waals surface area contributed by atoms with E-state index in [0.29, 0.717) is 25.1 Å². The Bertz CT molecular complexity index is 990. The molecule has 10 heteroatoms. The summed E-state index contributed by atoms with van der Waals surface area (Å²) in [6.07, 6.45) is 0.437. The van der Waals surface area contributed by atoms with E-state index in [4.69, 9.17) is 0 Å². The maximum absolute atomic E-state index is 13.0. The number of nitrogens with zero attached hydrogens (tertiary/aromatic N) is 3. The molecule has 1 atom stereocenters. The molecule has 0 aliphatic rings. The van der Waals surface area contributed by atoms with Crippen molar-refractivity contribution in [2.24, 2.45) is 7.05 Å². The van der Waals surface area contributed by atoms with Gasteiger partial charge in [0.05, 0.1) is 6.04 Å². The number of aromatic hydroxyl groups is 1. The number of benzene rings is 1. The van der Waals surface area contributed by atoms with Gasteiger partial charge in [-0.05, 0) is 38.0 Å². The SMILES string of the molecule is CCNC(=O)N(CC)C(CC)c1nc(C(=O)NCc2ccc(F)cc2)c(O)c(=O)n1C. The predicted octanol–water partition coefficient (Wildman–Crippen LogP) is 2.06. The predicted molar refractivity (Wildman–Crippen MR) is 113 cm³/mol. The fraction of sp³-hybridized carbons (Fsp3) is 0.429. The van der Waals surface area contributed by atoms with Crippen molar-refractivity contribution < 1.29 is 19.1 Å². The molecular formula is C21H28FN5O4. The monoisotopic (exact) mass is 433 g/mol. The molecule has 1 aromatic carbocycles. The standard InChI is InChI=1S/C21H28FN5O4/c1-5-15(27(7-3)21(31)23-6-2)18-25-16(17(28)20(30)26(18)4)19(29)24-12-13-8-10-14(22)11-9-13/h8-11,15,28H,5-7,12H2,1-4H3,(H,23,31)(H,24,29). The first-order valence-electron chi connectivity index (χ1n) is 10.1. The summed E-state index contributed by atoms with van der Waals surface area (Å²) in [4.78, 5) is 43.5. The topological polar surface area (TPSA) is 117 Å². The summed E-state index contributed by atoms with van der Waals surface area (Å²) in [5, 5.41) is 15.5. The van der Waals surface area contributed by atoms with Gasteiger partial charge in [0.15, 0.2) is 5.69 Å². The molecule has 1 heterocycles. The molecule has 1 aromatic heterocycles. The molecule has 0 bridgehead atoms. The van der Waals surface area contributed by atoms with Crippen LogP contribution in [0.4, 0.5) is 9.18 Å². The van der Waals surface area contributed by atoms with Gasteiger partial charge in [-0.15, -0.1) is 0 Å². The van der Waals surface area contributed by atoms with Crippen molar-refractivity contribution in [3.63, 3.8) is 0 Å². The van der Waals surface area contributed by atoms with Gasteiger partial charge in [-0.25, -0.2) is 14.2 Å². The Labute approximate surface area is 179 Å². The molecule has 0 radical (unpaired) electrons. The number of urea groups is 1. The molecule has 0 saturated carbocycles. The van der Waals surface area contributed by atoms with Crippen LogP contribution in [0.1, 0.15) is 55.1 Å². The van der Waals surface area contributed by atoms with Gasteiger partial charge < -0.3 is 20.6 Å². The average molecular weight is 433 g/mol. The third kappa shape index (κ3) is 5.39. The number of amides is 3. The van der Waals surface area contributed by atoms with Gasteiger partial charge in [0.25, 0.3) is 11.5 Å². The van der Waals surface area contributed by atoms with Crippen LogP contribution < -0.4 is 16.2 Å². The molecule has 0 fully saturated rings. The highest BCUT2D eigenvalue weighted by Gasteiger charge is 2.29. The molecule has 3 amide bonds. The number of hydrogen-bond acceptors (Lipinski definition) is 5. The first kappa shape index (κ1) is 23.8. The normalized spacial score (nSPS) is 11.6. The number of rotatable bonds is 8. The number of carbonyl (C=O) groups is 2. The van der Waals surface area contributed by atoms with Gasteiger partial charge in [-0.3, -0.25) is 14.2 Å². The van der Waals surface area contributed by atoms with Crippen molar-refractivity contribution in [3.05, 3.63) is 57.5 Å². The lowest BCUT2D eigenvalue weighted by atomic mass is 10.1. The Morgan fingerprint density at radius 3 is 2.39 bits per heavy atom. The highest BCUT2D eigenvalue weighted by atomic mass is 19.1. The smallest absolute Gasteiger partial charge is 0.318 e. The average Bonchev–Trinajstić information content (AvgIpc) is 2.76. The molecule has 0 aliphatic heterocycles. The van der Waals surface area contributed by atoms with Crippen molar-refractivity contribution in [1.82, 2.24) is 25.1 Å². The Morgan fingerprint density at radius 2 is 1.84 bits per heavy atom. The molecule has 168 valence electrons. The molecule has 0 saturated heterocycles. The maximum Gasteiger partial charge on any atom is 0.318 e. The number of hydrogen-bond donors (Lipinski definition) is 3. The van der Waals surface area contributed by atoms with Crippen LogP contribution in [0.25, 0.3) is 0 Å². The zero-order valence-corrected chi connectivity index (χ0v) is 18.1. The highest BCUT2D eigenvalue weighted by molar-refractivity contribution is 5.94. The highest BCUT2D eigenvalue weighted by Crippen LogP contribution is 2.23. The van der Waals surface area contributed by atoms with E-state index in [-0.39, 0.29) is 18.4 Å². The second kappa shape index (κ2) is 10.6. The van der Waals surface area contributed by atoms with Crippen LogP contribution in [-0.4, -0.2) is 44.6 Å². The first-order chi connectivity index (χ1) is 14.7. The van der Waals surface area contributed by atoms with Crippen LogP contribution in [0, 0.1) is 5.82 Å². The second-order valence-corrected chi connectivity index (χ2v) is 6.89. The summed E-state index contributed by atoms with van der Waals surface area (Å²) < 4.78 is 14.2. The van der Waals surface area contributed by atoms with E-state index in [0.717, 1.165) is 4.57 Å². The summed E-state index contributed by atoms with van der Waals surface area (Å²) >= 11 is 0. The van der Waals surface area contributed by atoms with Gasteiger partial charge in [0.2, 0.25) is 5.75 Å². The van der Waals surface area contributed by atoms with E-state index in [1.165, 1.54) is 36.2 Å². The van der Waals surface area contributed by atoms with Crippen molar-refractivity contribution in [2.75, 3.05) is 13.1 Å². The number of aromatic nitrogens is 2. The fourth-order valence-corrected chi connectivity index (χ4v) is 3.23. The second-order valence-electron chi connectivity index (χ2n) is 6.89. The number of carbonyl (C=O) groups excluding carboxylic acids is 2. The largest absolute Gasteiger partial charge is 0.501 e. The van der Waals surface area contributed by atoms with Crippen molar-refractivity contribution >= 4 is 11.9 Å². The molecule has 9 nitrogen and oxygen atoms in total. The van der Waals surface area contributed by atoms with E-state index < -0.39 is 34.8 Å². The van der Waals surface area contributed by atoms with E-state index in [2.05, 4.69) is 15.6 Å². The van der Waals surface area contributed by atoms with Crippen LogP contribution in [0.3, 0.4) is 0 Å². The van der Waals surface area contributed by atoms with Crippen molar-refractivity contribution in [3.8, 4) is 5.75 Å². The molecular weight excluding hydrogens is 405 g/mol. The Hall–Kier alpha value is -3.43. The van der Waals surface area contributed by atoms with Crippen LogP contribution in [0.2, 0.25) is 0 Å². The molecule has 3 N–H and O–H groups in total. The summed E-state index contributed by atoms with van der Waals surface area (Å²) in [5.74, 6) is -1.75. The van der Waals surface area contributed by atoms with Gasteiger partial charge >= 0.3 is 6.03 Å². The third-order valence-corrected chi connectivity index (χ3v) is 4.87. The van der Waals surface area contributed by atoms with Crippen molar-refractivity contribution in [1.29, 1.82) is 0 Å². The lowest BCUT2D eigenvalue weighted by Crippen LogP contribution is -2.44. The van der Waals surface area contributed by atoms with Crippen molar-refractivity contribution in [2.45, 2.75) is 39.8 Å². The lowest BCUT2D eigenvalue weighted by molar-refractivity contribution is 0.0941. The van der Waals surface area contributed by atoms with Gasteiger partial charge in [-0.1, -0.05) is 19.1 Å². The van der Waals surface area contributed by atoms with Gasteiger partial charge in [0, 0.05) is 26.7 Å². The minimum Gasteiger partial charge on any atom is -0.501 e. The minimum absolute atomic E-state index is 0.0575. The third-order valence-electron chi connectivity index (χ3n) is 4.87. The molecule has 0 aliphatic carbocycles. The maximum atomic E-state index is 13.0. The van der Waals surface area contributed by atoms with Gasteiger partial charge in [-0.2, -0.15) is 0 Å². The van der Waals surface area contributed by atoms with Crippen LogP contribution in [-0.2, 0) is 13.6 Å². The lowest BCUT2D eigenvalue weighted by Gasteiger charge is -2.30. The van der Waals surface area contributed by atoms with Crippen LogP contribution >= 0.6 is 0 Å². The fourth-order valence-electron chi connectivity index (χ4n) is 3.23. The summed E-state index contributed by atoms with van der Waals surface area (Å²) in [6.45, 7) is 6.28. The summed E-state index contributed by atoms with van der Waals surface area (Å²) in [6, 6.07) is 4.65. The quantitative estimate of drug-likeness (QED) is 0.589. The molecule has 2 rings (SSSR count). The zero-order valence-electron chi connectivity index (χ0n) is 18.1. The van der Waals surface area contributed by atoms with Gasteiger partial charge in [0.1, 0.15) is 11.6 Å². The molecule has 1 unspecified atom stereocenters. The molecule has 0 spiro atoms. The number of nitrogens with one attached hydrogen (secondary N) is 2. The first-order valence-corrected chi connectivity index (χ1v) is 10.1. The van der Waals surface area contributed by atoms with E-state index in [9.17, 15) is 23.9 Å². The zero-order chi connectivity index (χ0) is 23.1. The van der Waals surface area contributed by atoms with E-state index >= 15 is 0 Å².